The highest BCUT2D eigenvalue weighted by Crippen LogP contribution is 2.40. The predicted molar refractivity (Wildman–Crippen MR) is 256 cm³/mol. The Labute approximate surface area is 358 Å². The van der Waals surface area contributed by atoms with E-state index in [1.54, 1.807) is 0 Å². The lowest BCUT2D eigenvalue weighted by atomic mass is 10.00. The van der Waals surface area contributed by atoms with Gasteiger partial charge in [0.05, 0.1) is 22.1 Å². The Kier molecular flexibility index (Phi) is 8.42. The number of rotatable bonds is 7. The van der Waals surface area contributed by atoms with Gasteiger partial charge < -0.3 is 9.13 Å². The van der Waals surface area contributed by atoms with E-state index in [2.05, 4.69) is 173 Å². The van der Waals surface area contributed by atoms with Crippen LogP contribution < -0.4 is 0 Å². The summed E-state index contributed by atoms with van der Waals surface area (Å²) in [5, 5.41) is 4.83. The summed E-state index contributed by atoms with van der Waals surface area (Å²) in [5.74, 6) is 1.93. The molecule has 0 saturated heterocycles. The van der Waals surface area contributed by atoms with Crippen LogP contribution in [-0.2, 0) is 0 Å². The van der Waals surface area contributed by atoms with E-state index < -0.39 is 0 Å². The van der Waals surface area contributed by atoms with Crippen LogP contribution in [0.25, 0.3) is 111 Å². The van der Waals surface area contributed by atoms with Crippen molar-refractivity contribution in [2.45, 2.75) is 0 Å². The van der Waals surface area contributed by atoms with E-state index in [1.807, 2.05) is 60.7 Å². The molecule has 0 amide bonds. The van der Waals surface area contributed by atoms with E-state index in [1.165, 1.54) is 54.8 Å². The van der Waals surface area contributed by atoms with Gasteiger partial charge in [-0.05, 0) is 82.9 Å². The lowest BCUT2D eigenvalue weighted by Gasteiger charge is -2.12. The van der Waals surface area contributed by atoms with Crippen molar-refractivity contribution in [3.63, 3.8) is 0 Å². The zero-order chi connectivity index (χ0) is 41.0. The summed E-state index contributed by atoms with van der Waals surface area (Å²) in [6.07, 6.45) is 0. The molecule has 0 N–H and O–H groups in total. The van der Waals surface area contributed by atoms with Crippen molar-refractivity contribution in [1.29, 1.82) is 0 Å². The summed E-state index contributed by atoms with van der Waals surface area (Å²) < 4.78 is 4.81. The normalized spacial score (nSPS) is 11.5. The van der Waals surface area contributed by atoms with Crippen molar-refractivity contribution in [2.24, 2.45) is 0 Å². The molecule has 3 heterocycles. The van der Waals surface area contributed by atoms with Gasteiger partial charge in [0.15, 0.2) is 17.5 Å². The van der Waals surface area contributed by atoms with E-state index in [9.17, 15) is 0 Å². The molecule has 290 valence electrons. The van der Waals surface area contributed by atoms with Gasteiger partial charge in [-0.15, -0.1) is 0 Å². The number of benzene rings is 9. The molecule has 0 spiro atoms. The zero-order valence-electron chi connectivity index (χ0n) is 33.6. The molecule has 0 radical (unpaired) electrons. The third-order valence-corrected chi connectivity index (χ3v) is 12.0. The molecule has 0 atom stereocenters. The highest BCUT2D eigenvalue weighted by molar-refractivity contribution is 6.19. The Hall–Kier alpha value is -8.41. The quantitative estimate of drug-likeness (QED) is 0.162. The lowest BCUT2D eigenvalue weighted by Crippen LogP contribution is -2.00. The Bertz CT molecular complexity index is 3530. The Balaban J connectivity index is 0.982. The Morgan fingerprint density at radius 3 is 1.11 bits per heavy atom. The number of para-hydroxylation sites is 2. The van der Waals surface area contributed by atoms with E-state index >= 15 is 0 Å². The molecule has 0 saturated carbocycles. The first kappa shape index (κ1) is 35.5. The fraction of sp³-hybridized carbons (Fsp3) is 0. The number of hydrogen-bond acceptors (Lipinski definition) is 3. The van der Waals surface area contributed by atoms with E-state index in [4.69, 9.17) is 15.0 Å². The van der Waals surface area contributed by atoms with Crippen LogP contribution in [0.4, 0.5) is 0 Å². The second-order valence-corrected chi connectivity index (χ2v) is 15.7. The minimum atomic E-state index is 0.634. The molecule has 9 aromatic carbocycles. The molecular formula is C57H37N5. The minimum absolute atomic E-state index is 0.634. The predicted octanol–water partition coefficient (Wildman–Crippen LogP) is 14.4. The van der Waals surface area contributed by atoms with Crippen molar-refractivity contribution in [3.05, 3.63) is 224 Å². The first-order valence-corrected chi connectivity index (χ1v) is 20.9. The molecule has 5 nitrogen and oxygen atoms in total. The van der Waals surface area contributed by atoms with E-state index in [0.717, 1.165) is 39.1 Å². The zero-order valence-corrected chi connectivity index (χ0v) is 33.6. The first-order chi connectivity index (χ1) is 30.7. The Morgan fingerprint density at radius 2 is 0.597 bits per heavy atom. The van der Waals surface area contributed by atoms with Gasteiger partial charge in [0.25, 0.3) is 0 Å². The molecule has 62 heavy (non-hydrogen) atoms. The van der Waals surface area contributed by atoms with Crippen molar-refractivity contribution >= 4 is 43.6 Å². The number of fused-ring (bicyclic) bond motifs is 6. The monoisotopic (exact) mass is 791 g/mol. The van der Waals surface area contributed by atoms with Crippen LogP contribution in [0.15, 0.2) is 224 Å². The molecule has 0 unspecified atom stereocenters. The highest BCUT2D eigenvalue weighted by Gasteiger charge is 2.19. The second kappa shape index (κ2) is 14.7. The van der Waals surface area contributed by atoms with Crippen LogP contribution in [-0.4, -0.2) is 24.1 Å². The summed E-state index contributed by atoms with van der Waals surface area (Å²) in [6, 6.07) is 79.4. The van der Waals surface area contributed by atoms with Gasteiger partial charge in [-0.1, -0.05) is 164 Å². The van der Waals surface area contributed by atoms with Gasteiger partial charge in [0.1, 0.15) is 0 Å². The largest absolute Gasteiger partial charge is 0.309 e. The summed E-state index contributed by atoms with van der Waals surface area (Å²) in [7, 11) is 0. The fourth-order valence-electron chi connectivity index (χ4n) is 8.99. The standard InChI is InChI=1S/C57H37N5/c1-4-15-38(16-5-1)39-27-29-40(30-28-39)44-21-14-22-46(35-44)62-52-26-13-11-24-48(52)50-36-53-49(37-54(50)62)47-23-10-12-25-51(47)61(53)45-33-31-43(32-34-45)57-59-55(41-17-6-2-7-18-41)58-56(60-57)42-19-8-3-9-20-42/h1-37H. The topological polar surface area (TPSA) is 48.5 Å². The van der Waals surface area contributed by atoms with Gasteiger partial charge in [-0.2, -0.15) is 0 Å². The molecule has 0 aliphatic carbocycles. The van der Waals surface area contributed by atoms with Crippen molar-refractivity contribution < 1.29 is 0 Å². The summed E-state index contributed by atoms with van der Waals surface area (Å²) in [6.45, 7) is 0. The molecular weight excluding hydrogens is 755 g/mol. The first-order valence-electron chi connectivity index (χ1n) is 20.9. The van der Waals surface area contributed by atoms with E-state index in [-0.39, 0.29) is 0 Å². The van der Waals surface area contributed by atoms with Gasteiger partial charge >= 0.3 is 0 Å². The van der Waals surface area contributed by atoms with Crippen LogP contribution in [0.5, 0.6) is 0 Å². The average molecular weight is 792 g/mol. The molecule has 5 heteroatoms. The molecule has 0 aliphatic rings. The van der Waals surface area contributed by atoms with Crippen LogP contribution >= 0.6 is 0 Å². The third-order valence-electron chi connectivity index (χ3n) is 12.0. The number of hydrogen-bond donors (Lipinski definition) is 0. The van der Waals surface area contributed by atoms with Gasteiger partial charge in [-0.25, -0.2) is 15.0 Å². The third kappa shape index (κ3) is 6.06. The van der Waals surface area contributed by atoms with Gasteiger partial charge in [-0.3, -0.25) is 0 Å². The summed E-state index contributed by atoms with van der Waals surface area (Å²) in [4.78, 5) is 14.9. The van der Waals surface area contributed by atoms with Crippen LogP contribution in [0.3, 0.4) is 0 Å². The average Bonchev–Trinajstić information content (AvgIpc) is 3.86. The van der Waals surface area contributed by atoms with Crippen LogP contribution in [0.2, 0.25) is 0 Å². The maximum Gasteiger partial charge on any atom is 0.164 e. The molecule has 12 aromatic rings. The lowest BCUT2D eigenvalue weighted by molar-refractivity contribution is 1.07. The number of nitrogens with zero attached hydrogens (tertiary/aromatic N) is 5. The van der Waals surface area contributed by atoms with Crippen molar-refractivity contribution in [1.82, 2.24) is 24.1 Å². The minimum Gasteiger partial charge on any atom is -0.309 e. The second-order valence-electron chi connectivity index (χ2n) is 15.7. The summed E-state index contributed by atoms with van der Waals surface area (Å²) >= 11 is 0. The molecule has 0 aliphatic heterocycles. The molecule has 0 fully saturated rings. The summed E-state index contributed by atoms with van der Waals surface area (Å²) in [5.41, 5.74) is 14.5. The van der Waals surface area contributed by atoms with Gasteiger partial charge in [0.2, 0.25) is 0 Å². The highest BCUT2D eigenvalue weighted by atomic mass is 15.0. The number of aromatic nitrogens is 5. The molecule has 0 bridgehead atoms. The van der Waals surface area contributed by atoms with Gasteiger partial charge in [0, 0.05) is 49.6 Å². The molecule has 12 rings (SSSR count). The Morgan fingerprint density at radius 1 is 0.226 bits per heavy atom. The smallest absolute Gasteiger partial charge is 0.164 e. The fourth-order valence-corrected chi connectivity index (χ4v) is 8.99. The van der Waals surface area contributed by atoms with Crippen molar-refractivity contribution in [3.8, 4) is 67.8 Å². The maximum absolute atomic E-state index is 4.99. The van der Waals surface area contributed by atoms with Crippen molar-refractivity contribution in [2.75, 3.05) is 0 Å². The van der Waals surface area contributed by atoms with E-state index in [0.29, 0.717) is 17.5 Å². The SMILES string of the molecule is c1ccc(-c2ccc(-c3cccc(-n4c5ccccc5c5cc6c(cc54)c4ccccc4n6-c4ccc(-c5nc(-c6ccccc6)nc(-c6ccccc6)n5)cc4)c3)cc2)cc1. The molecule has 3 aromatic heterocycles. The van der Waals surface area contributed by atoms with Crippen LogP contribution in [0, 0.1) is 0 Å². The maximum atomic E-state index is 4.99. The van der Waals surface area contributed by atoms with Crippen LogP contribution in [0.1, 0.15) is 0 Å².